The van der Waals surface area contributed by atoms with E-state index in [0.717, 1.165) is 18.2 Å². The van der Waals surface area contributed by atoms with Crippen LogP contribution in [-0.4, -0.2) is 11.0 Å². The molecule has 1 aliphatic carbocycles. The molecule has 0 aliphatic heterocycles. The lowest BCUT2D eigenvalue weighted by atomic mass is 9.82. The van der Waals surface area contributed by atoms with Crippen LogP contribution < -0.4 is 5.32 Å². The lowest BCUT2D eigenvalue weighted by Crippen LogP contribution is -2.32. The molecule has 1 heterocycles. The minimum atomic E-state index is 0.650. The van der Waals surface area contributed by atoms with Crippen molar-refractivity contribution in [2.24, 2.45) is 0 Å². The van der Waals surface area contributed by atoms with Gasteiger partial charge >= 0.3 is 0 Å². The summed E-state index contributed by atoms with van der Waals surface area (Å²) >= 11 is 0. The Kier molecular flexibility index (Phi) is 4.44. The maximum atomic E-state index is 4.36. The summed E-state index contributed by atoms with van der Waals surface area (Å²) in [6.45, 7) is 0.890. The first-order valence-corrected chi connectivity index (χ1v) is 7.60. The molecule has 20 heavy (non-hydrogen) atoms. The number of rotatable bonds is 4. The second-order valence-corrected chi connectivity index (χ2v) is 5.66. The smallest absolute Gasteiger partial charge is 0.0541 e. The van der Waals surface area contributed by atoms with Gasteiger partial charge in [0.25, 0.3) is 0 Å². The van der Waals surface area contributed by atoms with Crippen molar-refractivity contribution in [3.63, 3.8) is 0 Å². The number of nitrogens with one attached hydrogen (secondary N) is 1. The minimum absolute atomic E-state index is 0.650. The highest BCUT2D eigenvalue weighted by atomic mass is 14.9. The summed E-state index contributed by atoms with van der Waals surface area (Å²) in [5, 5.41) is 3.65. The van der Waals surface area contributed by atoms with Crippen LogP contribution in [0.2, 0.25) is 0 Å². The Balaban J connectivity index is 1.47. The van der Waals surface area contributed by atoms with E-state index < -0.39 is 0 Å². The fourth-order valence-corrected chi connectivity index (χ4v) is 3.11. The molecule has 0 bridgehead atoms. The van der Waals surface area contributed by atoms with Crippen molar-refractivity contribution < 1.29 is 0 Å². The van der Waals surface area contributed by atoms with Gasteiger partial charge in [0.05, 0.1) is 5.69 Å². The van der Waals surface area contributed by atoms with Gasteiger partial charge in [-0.05, 0) is 49.3 Å². The van der Waals surface area contributed by atoms with Crippen molar-refractivity contribution in [3.8, 4) is 0 Å². The van der Waals surface area contributed by atoms with Gasteiger partial charge < -0.3 is 5.32 Å². The van der Waals surface area contributed by atoms with Gasteiger partial charge in [0, 0.05) is 18.8 Å². The number of pyridine rings is 1. The van der Waals surface area contributed by atoms with Gasteiger partial charge in [0.1, 0.15) is 0 Å². The maximum Gasteiger partial charge on any atom is 0.0541 e. The van der Waals surface area contributed by atoms with E-state index in [2.05, 4.69) is 52.8 Å². The number of hydrogen-bond acceptors (Lipinski definition) is 2. The van der Waals surface area contributed by atoms with Crippen molar-refractivity contribution in [2.45, 2.75) is 44.2 Å². The Morgan fingerprint density at radius 1 is 0.900 bits per heavy atom. The highest BCUT2D eigenvalue weighted by Gasteiger charge is 2.21. The fraction of sp³-hybridized carbons (Fsp3) is 0.389. The summed E-state index contributed by atoms with van der Waals surface area (Å²) < 4.78 is 0. The van der Waals surface area contributed by atoms with E-state index in [1.54, 1.807) is 0 Å². The third-order valence-electron chi connectivity index (χ3n) is 4.30. The van der Waals surface area contributed by atoms with Gasteiger partial charge in [-0.15, -0.1) is 0 Å². The zero-order chi connectivity index (χ0) is 13.6. The molecule has 0 amide bonds. The standard InChI is InChI=1S/C18H22N2/c1-2-6-15(7-3-1)16-9-11-17(12-10-16)20-14-18-8-4-5-13-19-18/h1-8,13,16-17,20H,9-12,14H2. The summed E-state index contributed by atoms with van der Waals surface area (Å²) in [6.07, 6.45) is 7.00. The number of hydrogen-bond donors (Lipinski definition) is 1. The van der Waals surface area contributed by atoms with Gasteiger partial charge in [0.2, 0.25) is 0 Å². The zero-order valence-corrected chi connectivity index (χ0v) is 11.8. The van der Waals surface area contributed by atoms with Crippen LogP contribution >= 0.6 is 0 Å². The molecule has 1 saturated carbocycles. The Labute approximate surface area is 121 Å². The molecule has 2 nitrogen and oxygen atoms in total. The highest BCUT2D eigenvalue weighted by molar-refractivity contribution is 5.20. The molecule has 1 N–H and O–H groups in total. The van der Waals surface area contributed by atoms with E-state index in [4.69, 9.17) is 0 Å². The van der Waals surface area contributed by atoms with Crippen LogP contribution in [0.5, 0.6) is 0 Å². The summed E-state index contributed by atoms with van der Waals surface area (Å²) in [4.78, 5) is 4.36. The van der Waals surface area contributed by atoms with Gasteiger partial charge in [-0.3, -0.25) is 4.98 Å². The lowest BCUT2D eigenvalue weighted by Gasteiger charge is -2.29. The molecule has 0 atom stereocenters. The first-order chi connectivity index (χ1) is 9.92. The predicted molar refractivity (Wildman–Crippen MR) is 82.5 cm³/mol. The molecule has 3 rings (SSSR count). The zero-order valence-electron chi connectivity index (χ0n) is 11.8. The Hall–Kier alpha value is -1.67. The van der Waals surface area contributed by atoms with E-state index in [0.29, 0.717) is 6.04 Å². The summed E-state index contributed by atoms with van der Waals surface area (Å²) in [6, 6.07) is 17.7. The average molecular weight is 266 g/mol. The number of benzene rings is 1. The first kappa shape index (κ1) is 13.3. The topological polar surface area (TPSA) is 24.9 Å². The molecular formula is C18H22N2. The van der Waals surface area contributed by atoms with Crippen molar-refractivity contribution in [1.29, 1.82) is 0 Å². The number of nitrogens with zero attached hydrogens (tertiary/aromatic N) is 1. The minimum Gasteiger partial charge on any atom is -0.308 e. The Morgan fingerprint density at radius 2 is 1.65 bits per heavy atom. The molecule has 0 saturated heterocycles. The van der Waals surface area contributed by atoms with Gasteiger partial charge in [-0.1, -0.05) is 36.4 Å². The SMILES string of the molecule is c1ccc(C2CCC(NCc3ccccn3)CC2)cc1. The van der Waals surface area contributed by atoms with E-state index in [1.165, 1.54) is 31.2 Å². The molecular weight excluding hydrogens is 244 g/mol. The van der Waals surface area contributed by atoms with Crippen LogP contribution in [0.15, 0.2) is 54.7 Å². The third kappa shape index (κ3) is 3.45. The summed E-state index contributed by atoms with van der Waals surface area (Å²) in [5.41, 5.74) is 2.65. The quantitative estimate of drug-likeness (QED) is 0.908. The molecule has 2 heteroatoms. The summed E-state index contributed by atoms with van der Waals surface area (Å²) in [5.74, 6) is 0.754. The summed E-state index contributed by atoms with van der Waals surface area (Å²) in [7, 11) is 0. The average Bonchev–Trinajstić information content (AvgIpc) is 2.55. The van der Waals surface area contributed by atoms with Crippen molar-refractivity contribution in [3.05, 3.63) is 66.0 Å². The third-order valence-corrected chi connectivity index (χ3v) is 4.30. The maximum absolute atomic E-state index is 4.36. The molecule has 1 aromatic heterocycles. The lowest BCUT2D eigenvalue weighted by molar-refractivity contribution is 0.340. The highest BCUT2D eigenvalue weighted by Crippen LogP contribution is 2.32. The van der Waals surface area contributed by atoms with Crippen LogP contribution in [0.4, 0.5) is 0 Å². The molecule has 0 spiro atoms. The van der Waals surface area contributed by atoms with Crippen LogP contribution in [0.3, 0.4) is 0 Å². The van der Waals surface area contributed by atoms with Crippen molar-refractivity contribution in [1.82, 2.24) is 10.3 Å². The van der Waals surface area contributed by atoms with E-state index in [9.17, 15) is 0 Å². The van der Waals surface area contributed by atoms with E-state index in [-0.39, 0.29) is 0 Å². The van der Waals surface area contributed by atoms with Gasteiger partial charge in [-0.25, -0.2) is 0 Å². The molecule has 0 unspecified atom stereocenters. The van der Waals surface area contributed by atoms with Crippen LogP contribution in [-0.2, 0) is 6.54 Å². The Morgan fingerprint density at radius 3 is 2.35 bits per heavy atom. The second kappa shape index (κ2) is 6.67. The molecule has 104 valence electrons. The largest absolute Gasteiger partial charge is 0.308 e. The Bertz CT molecular complexity index is 501. The number of aromatic nitrogens is 1. The van der Waals surface area contributed by atoms with Gasteiger partial charge in [0.15, 0.2) is 0 Å². The van der Waals surface area contributed by atoms with Crippen LogP contribution in [0, 0.1) is 0 Å². The van der Waals surface area contributed by atoms with Crippen LogP contribution in [0.25, 0.3) is 0 Å². The van der Waals surface area contributed by atoms with Crippen LogP contribution in [0.1, 0.15) is 42.9 Å². The van der Waals surface area contributed by atoms with E-state index >= 15 is 0 Å². The fourth-order valence-electron chi connectivity index (χ4n) is 3.11. The molecule has 1 aromatic carbocycles. The first-order valence-electron chi connectivity index (χ1n) is 7.60. The predicted octanol–water partition coefficient (Wildman–Crippen LogP) is 3.90. The monoisotopic (exact) mass is 266 g/mol. The van der Waals surface area contributed by atoms with Gasteiger partial charge in [-0.2, -0.15) is 0 Å². The molecule has 2 aromatic rings. The molecule has 1 aliphatic rings. The van der Waals surface area contributed by atoms with E-state index in [1.807, 2.05) is 12.3 Å². The van der Waals surface area contributed by atoms with Crippen molar-refractivity contribution >= 4 is 0 Å². The molecule has 1 fully saturated rings. The van der Waals surface area contributed by atoms with Crippen molar-refractivity contribution in [2.75, 3.05) is 0 Å². The normalized spacial score (nSPS) is 22.6. The molecule has 0 radical (unpaired) electrons. The second-order valence-electron chi connectivity index (χ2n) is 5.66.